The Balaban J connectivity index is 1.84. The number of rotatable bonds is 4. The average molecular weight is 222 g/mol. The van der Waals surface area contributed by atoms with Crippen LogP contribution in [0.5, 0.6) is 0 Å². The van der Waals surface area contributed by atoms with Crippen LogP contribution in [0.15, 0.2) is 11.1 Å². The number of nitrogens with two attached hydrogens (primary N) is 1. The number of nitrogens with one attached hydrogen (secondary N) is 2. The second kappa shape index (κ2) is 5.01. The summed E-state index contributed by atoms with van der Waals surface area (Å²) in [4.78, 5) is 17.7. The summed E-state index contributed by atoms with van der Waals surface area (Å²) in [6.07, 6.45) is 7.89. The zero-order chi connectivity index (χ0) is 11.4. The minimum Gasteiger partial charge on any atom is -0.391 e. The van der Waals surface area contributed by atoms with E-state index < -0.39 is 0 Å². The third kappa shape index (κ3) is 2.53. The lowest BCUT2D eigenvalue weighted by Gasteiger charge is -2.10. The molecular formula is C11H18N4O. The first-order valence-corrected chi connectivity index (χ1v) is 5.84. The molecule has 1 saturated carbocycles. The van der Waals surface area contributed by atoms with Crippen molar-refractivity contribution in [1.29, 1.82) is 0 Å². The minimum atomic E-state index is -0.279. The molecule has 1 aliphatic rings. The normalized spacial score (nSPS) is 16.5. The number of aromatic nitrogens is 2. The van der Waals surface area contributed by atoms with Crippen LogP contribution in [0.3, 0.4) is 0 Å². The molecule has 0 unspecified atom stereocenters. The lowest BCUT2D eigenvalue weighted by molar-refractivity contribution is 0.518. The Morgan fingerprint density at radius 3 is 3.00 bits per heavy atom. The van der Waals surface area contributed by atoms with Crippen molar-refractivity contribution in [2.75, 3.05) is 17.6 Å². The third-order valence-corrected chi connectivity index (χ3v) is 3.21. The van der Waals surface area contributed by atoms with Crippen LogP contribution in [0.1, 0.15) is 32.1 Å². The van der Waals surface area contributed by atoms with E-state index in [0.717, 1.165) is 18.9 Å². The van der Waals surface area contributed by atoms with Gasteiger partial charge in [0.15, 0.2) is 5.82 Å². The molecule has 0 aliphatic heterocycles. The summed E-state index contributed by atoms with van der Waals surface area (Å²) < 4.78 is 0. The largest absolute Gasteiger partial charge is 0.391 e. The number of anilines is 2. The smallest absolute Gasteiger partial charge is 0.276 e. The van der Waals surface area contributed by atoms with E-state index in [9.17, 15) is 4.79 Å². The molecule has 1 aliphatic carbocycles. The first-order valence-electron chi connectivity index (χ1n) is 5.84. The average Bonchev–Trinajstić information content (AvgIpc) is 2.77. The first-order chi connectivity index (χ1) is 7.77. The molecule has 1 aromatic heterocycles. The van der Waals surface area contributed by atoms with E-state index in [4.69, 9.17) is 5.73 Å². The minimum absolute atomic E-state index is 0.175. The van der Waals surface area contributed by atoms with Crippen molar-refractivity contribution >= 4 is 11.5 Å². The van der Waals surface area contributed by atoms with E-state index in [1.807, 2.05) is 0 Å². The summed E-state index contributed by atoms with van der Waals surface area (Å²) in [5.74, 6) is 1.33. The molecular weight excluding hydrogens is 204 g/mol. The topological polar surface area (TPSA) is 83.8 Å². The van der Waals surface area contributed by atoms with Gasteiger partial charge in [-0.3, -0.25) is 4.79 Å². The van der Waals surface area contributed by atoms with Gasteiger partial charge in [-0.15, -0.1) is 0 Å². The van der Waals surface area contributed by atoms with Gasteiger partial charge in [0.2, 0.25) is 0 Å². The van der Waals surface area contributed by atoms with Gasteiger partial charge >= 0.3 is 0 Å². The predicted molar refractivity (Wildman–Crippen MR) is 64.3 cm³/mol. The highest BCUT2D eigenvalue weighted by atomic mass is 16.1. The van der Waals surface area contributed by atoms with E-state index in [1.165, 1.54) is 32.0 Å². The van der Waals surface area contributed by atoms with Gasteiger partial charge in [-0.2, -0.15) is 0 Å². The monoisotopic (exact) mass is 222 g/mol. The van der Waals surface area contributed by atoms with E-state index in [-0.39, 0.29) is 11.2 Å². The van der Waals surface area contributed by atoms with Crippen molar-refractivity contribution in [3.63, 3.8) is 0 Å². The Hall–Kier alpha value is -1.52. The van der Waals surface area contributed by atoms with Crippen molar-refractivity contribution in [1.82, 2.24) is 9.97 Å². The molecule has 0 amide bonds. The Labute approximate surface area is 94.5 Å². The van der Waals surface area contributed by atoms with Gasteiger partial charge in [-0.05, 0) is 12.3 Å². The molecule has 1 aromatic rings. The Morgan fingerprint density at radius 1 is 1.50 bits per heavy atom. The lowest BCUT2D eigenvalue weighted by atomic mass is 10.0. The fourth-order valence-electron chi connectivity index (χ4n) is 2.24. The van der Waals surface area contributed by atoms with Crippen molar-refractivity contribution < 1.29 is 0 Å². The summed E-state index contributed by atoms with van der Waals surface area (Å²) in [5.41, 5.74) is 5.50. The maximum atomic E-state index is 11.2. The zero-order valence-corrected chi connectivity index (χ0v) is 9.33. The second-order valence-corrected chi connectivity index (χ2v) is 4.36. The van der Waals surface area contributed by atoms with Crippen LogP contribution in [0.4, 0.5) is 11.5 Å². The van der Waals surface area contributed by atoms with E-state index in [0.29, 0.717) is 5.82 Å². The number of hydrogen-bond donors (Lipinski definition) is 3. The summed E-state index contributed by atoms with van der Waals surface area (Å²) in [7, 11) is 0. The van der Waals surface area contributed by atoms with Crippen LogP contribution in [-0.2, 0) is 0 Å². The molecule has 0 spiro atoms. The predicted octanol–water partition coefficient (Wildman–Crippen LogP) is 1.34. The van der Waals surface area contributed by atoms with Gasteiger partial charge in [-0.25, -0.2) is 4.98 Å². The van der Waals surface area contributed by atoms with Crippen LogP contribution in [0, 0.1) is 5.92 Å². The molecule has 0 radical (unpaired) electrons. The Morgan fingerprint density at radius 2 is 2.25 bits per heavy atom. The molecule has 5 heteroatoms. The molecule has 0 bridgehead atoms. The van der Waals surface area contributed by atoms with Crippen LogP contribution >= 0.6 is 0 Å². The van der Waals surface area contributed by atoms with Crippen LogP contribution < -0.4 is 16.6 Å². The molecule has 0 atom stereocenters. The van der Waals surface area contributed by atoms with E-state index in [1.54, 1.807) is 0 Å². The molecule has 16 heavy (non-hydrogen) atoms. The van der Waals surface area contributed by atoms with Gasteiger partial charge in [0.1, 0.15) is 5.69 Å². The van der Waals surface area contributed by atoms with E-state index >= 15 is 0 Å². The highest BCUT2D eigenvalue weighted by Crippen LogP contribution is 2.27. The fourth-order valence-corrected chi connectivity index (χ4v) is 2.24. The van der Waals surface area contributed by atoms with Gasteiger partial charge in [0.05, 0.1) is 6.33 Å². The molecule has 0 saturated heterocycles. The van der Waals surface area contributed by atoms with Gasteiger partial charge in [-0.1, -0.05) is 25.7 Å². The van der Waals surface area contributed by atoms with Gasteiger partial charge < -0.3 is 16.0 Å². The SMILES string of the molecule is Nc1c(NCCC2CCCC2)nc[nH]c1=O. The van der Waals surface area contributed by atoms with Crippen LogP contribution in [-0.4, -0.2) is 16.5 Å². The van der Waals surface area contributed by atoms with Crippen LogP contribution in [0.2, 0.25) is 0 Å². The maximum Gasteiger partial charge on any atom is 0.276 e. The summed E-state index contributed by atoms with van der Waals surface area (Å²) in [6.45, 7) is 0.839. The van der Waals surface area contributed by atoms with E-state index in [2.05, 4.69) is 15.3 Å². The number of nitrogen functional groups attached to an aromatic ring is 1. The molecule has 1 heterocycles. The highest BCUT2D eigenvalue weighted by Gasteiger charge is 2.14. The number of nitrogens with zero attached hydrogens (tertiary/aromatic N) is 1. The fraction of sp³-hybridized carbons (Fsp3) is 0.636. The van der Waals surface area contributed by atoms with Crippen molar-refractivity contribution in [2.45, 2.75) is 32.1 Å². The highest BCUT2D eigenvalue weighted by molar-refractivity contribution is 5.58. The molecule has 0 aromatic carbocycles. The molecule has 5 nitrogen and oxygen atoms in total. The quantitative estimate of drug-likeness (QED) is 0.718. The lowest BCUT2D eigenvalue weighted by Crippen LogP contribution is -2.17. The molecule has 1 fully saturated rings. The summed E-state index contributed by atoms with van der Waals surface area (Å²) in [5, 5.41) is 3.12. The van der Waals surface area contributed by atoms with Gasteiger partial charge in [0.25, 0.3) is 5.56 Å². The molecule has 4 N–H and O–H groups in total. The Kier molecular flexibility index (Phi) is 3.44. The summed E-state index contributed by atoms with van der Waals surface area (Å²) in [6, 6.07) is 0. The number of hydrogen-bond acceptors (Lipinski definition) is 4. The number of H-pyrrole nitrogens is 1. The zero-order valence-electron chi connectivity index (χ0n) is 9.33. The van der Waals surface area contributed by atoms with Crippen molar-refractivity contribution in [3.8, 4) is 0 Å². The first kappa shape index (κ1) is 11.0. The van der Waals surface area contributed by atoms with Crippen molar-refractivity contribution in [3.05, 3.63) is 16.7 Å². The maximum absolute atomic E-state index is 11.2. The van der Waals surface area contributed by atoms with Gasteiger partial charge in [0, 0.05) is 6.54 Å². The molecule has 2 rings (SSSR count). The van der Waals surface area contributed by atoms with Crippen molar-refractivity contribution in [2.24, 2.45) is 5.92 Å². The number of aromatic amines is 1. The Bertz CT molecular complexity index is 395. The standard InChI is InChI=1S/C11H18N4O/c12-9-10(14-7-15-11(9)16)13-6-5-8-3-1-2-4-8/h7-8H,1-6,12H2,(H2,13,14,15,16). The van der Waals surface area contributed by atoms with Crippen LogP contribution in [0.25, 0.3) is 0 Å². The third-order valence-electron chi connectivity index (χ3n) is 3.21. The summed E-state index contributed by atoms with van der Waals surface area (Å²) >= 11 is 0. The molecule has 88 valence electrons. The second-order valence-electron chi connectivity index (χ2n) is 4.36.